The van der Waals surface area contributed by atoms with Gasteiger partial charge in [-0.15, -0.1) is 0 Å². The lowest BCUT2D eigenvalue weighted by Gasteiger charge is -2.10. The highest BCUT2D eigenvalue weighted by atomic mass is 16.5. The van der Waals surface area contributed by atoms with Gasteiger partial charge in [-0.1, -0.05) is 30.3 Å². The first-order valence-corrected chi connectivity index (χ1v) is 6.83. The van der Waals surface area contributed by atoms with Crippen molar-refractivity contribution in [3.63, 3.8) is 0 Å². The molecule has 1 amide bonds. The van der Waals surface area contributed by atoms with Crippen LogP contribution >= 0.6 is 0 Å². The molecule has 0 heterocycles. The molecular weight excluding hydrogens is 282 g/mol. The first-order chi connectivity index (χ1) is 10.6. The van der Waals surface area contributed by atoms with E-state index in [0.717, 1.165) is 11.3 Å². The van der Waals surface area contributed by atoms with Gasteiger partial charge in [-0.05, 0) is 36.8 Å². The van der Waals surface area contributed by atoms with Crippen LogP contribution in [0.1, 0.15) is 22.8 Å². The Morgan fingerprint density at radius 2 is 1.68 bits per heavy atom. The van der Waals surface area contributed by atoms with Gasteiger partial charge < -0.3 is 15.2 Å². The van der Waals surface area contributed by atoms with Crippen LogP contribution < -0.4 is 10.5 Å². The van der Waals surface area contributed by atoms with E-state index in [1.54, 1.807) is 24.3 Å². The van der Waals surface area contributed by atoms with Gasteiger partial charge in [0.25, 0.3) is 5.91 Å². The molecule has 0 aliphatic heterocycles. The topological polar surface area (TPSA) is 78.6 Å². The quantitative estimate of drug-likeness (QED) is 0.830. The number of amides is 1. The number of rotatable bonds is 6. The number of hydrogen-bond donors (Lipinski definition) is 1. The average Bonchev–Trinajstić information content (AvgIpc) is 2.54. The summed E-state index contributed by atoms with van der Waals surface area (Å²) in [4.78, 5) is 22.7. The summed E-state index contributed by atoms with van der Waals surface area (Å²) in [5.74, 6) is -0.482. The minimum absolute atomic E-state index is 0.358. The SMILES string of the molecule is C[C@H](OC(=O)c1ccc(COc2ccccc2)cc1)C(N)=O. The zero-order valence-corrected chi connectivity index (χ0v) is 12.2. The summed E-state index contributed by atoms with van der Waals surface area (Å²) in [7, 11) is 0. The van der Waals surface area contributed by atoms with E-state index in [9.17, 15) is 9.59 Å². The van der Waals surface area contributed by atoms with Crippen molar-refractivity contribution in [1.82, 2.24) is 0 Å². The van der Waals surface area contributed by atoms with Crippen LogP contribution in [-0.2, 0) is 16.1 Å². The van der Waals surface area contributed by atoms with Crippen molar-refractivity contribution in [2.75, 3.05) is 0 Å². The van der Waals surface area contributed by atoms with Gasteiger partial charge in [0.1, 0.15) is 12.4 Å². The molecule has 2 rings (SSSR count). The number of ether oxygens (including phenoxy) is 2. The Morgan fingerprint density at radius 3 is 2.27 bits per heavy atom. The minimum Gasteiger partial charge on any atom is -0.489 e. The highest BCUT2D eigenvalue weighted by molar-refractivity contribution is 5.91. The van der Waals surface area contributed by atoms with Crippen LogP contribution in [0.3, 0.4) is 0 Å². The number of primary amides is 1. The second kappa shape index (κ2) is 7.26. The fourth-order valence-corrected chi connectivity index (χ4v) is 1.71. The third kappa shape index (κ3) is 4.34. The maximum atomic E-state index is 11.8. The molecule has 0 saturated carbocycles. The second-order valence-corrected chi connectivity index (χ2v) is 4.75. The van der Waals surface area contributed by atoms with Gasteiger partial charge in [-0.3, -0.25) is 4.79 Å². The number of benzene rings is 2. The Bertz CT molecular complexity index is 637. The number of nitrogens with two attached hydrogens (primary N) is 1. The second-order valence-electron chi connectivity index (χ2n) is 4.75. The average molecular weight is 299 g/mol. The van der Waals surface area contributed by atoms with E-state index in [4.69, 9.17) is 15.2 Å². The summed E-state index contributed by atoms with van der Waals surface area (Å²) in [6.45, 7) is 1.83. The Morgan fingerprint density at radius 1 is 1.05 bits per heavy atom. The Kier molecular flexibility index (Phi) is 5.14. The predicted octanol–water partition coefficient (Wildman–Crippen LogP) is 2.30. The Labute approximate surface area is 128 Å². The maximum Gasteiger partial charge on any atom is 0.338 e. The van der Waals surface area contributed by atoms with Gasteiger partial charge in [0, 0.05) is 0 Å². The molecule has 0 aromatic heterocycles. The van der Waals surface area contributed by atoms with E-state index < -0.39 is 18.0 Å². The molecule has 0 unspecified atom stereocenters. The predicted molar refractivity (Wildman–Crippen MR) is 81.3 cm³/mol. The van der Waals surface area contributed by atoms with Crippen molar-refractivity contribution in [3.8, 4) is 5.75 Å². The summed E-state index contributed by atoms with van der Waals surface area (Å²) in [5, 5.41) is 0. The molecule has 0 aliphatic carbocycles. The highest BCUT2D eigenvalue weighted by Gasteiger charge is 2.15. The molecular formula is C17H17NO4. The third-order valence-electron chi connectivity index (χ3n) is 3.02. The Balaban J connectivity index is 1.92. The molecule has 0 spiro atoms. The molecule has 2 aromatic carbocycles. The summed E-state index contributed by atoms with van der Waals surface area (Å²) in [5.41, 5.74) is 6.33. The number of para-hydroxylation sites is 1. The van der Waals surface area contributed by atoms with E-state index in [1.165, 1.54) is 6.92 Å². The Hall–Kier alpha value is -2.82. The van der Waals surface area contributed by atoms with Gasteiger partial charge in [0.05, 0.1) is 5.56 Å². The third-order valence-corrected chi connectivity index (χ3v) is 3.02. The first-order valence-electron chi connectivity index (χ1n) is 6.83. The lowest BCUT2D eigenvalue weighted by molar-refractivity contribution is -0.125. The molecule has 2 aromatic rings. The summed E-state index contributed by atoms with van der Waals surface area (Å²) in [6.07, 6.45) is -0.950. The number of carbonyl (C=O) groups excluding carboxylic acids is 2. The lowest BCUT2D eigenvalue weighted by Crippen LogP contribution is -2.30. The van der Waals surface area contributed by atoms with Crippen LogP contribution in [0.2, 0.25) is 0 Å². The molecule has 114 valence electrons. The number of hydrogen-bond acceptors (Lipinski definition) is 4. The van der Waals surface area contributed by atoms with Gasteiger partial charge >= 0.3 is 5.97 Å². The van der Waals surface area contributed by atoms with Crippen LogP contribution in [0.4, 0.5) is 0 Å². The monoisotopic (exact) mass is 299 g/mol. The number of esters is 1. The lowest BCUT2D eigenvalue weighted by atomic mass is 10.1. The van der Waals surface area contributed by atoms with Crippen molar-refractivity contribution >= 4 is 11.9 Å². The number of carbonyl (C=O) groups is 2. The van der Waals surface area contributed by atoms with Gasteiger partial charge in [0.2, 0.25) is 0 Å². The van der Waals surface area contributed by atoms with Crippen LogP contribution in [0.25, 0.3) is 0 Å². The molecule has 5 nitrogen and oxygen atoms in total. The van der Waals surface area contributed by atoms with Crippen LogP contribution in [-0.4, -0.2) is 18.0 Å². The largest absolute Gasteiger partial charge is 0.489 e. The van der Waals surface area contributed by atoms with Crippen molar-refractivity contribution in [2.45, 2.75) is 19.6 Å². The zero-order chi connectivity index (χ0) is 15.9. The summed E-state index contributed by atoms with van der Waals surface area (Å²) < 4.78 is 10.5. The van der Waals surface area contributed by atoms with E-state index in [0.29, 0.717) is 12.2 Å². The van der Waals surface area contributed by atoms with Crippen molar-refractivity contribution in [3.05, 3.63) is 65.7 Å². The molecule has 0 bridgehead atoms. The molecule has 2 N–H and O–H groups in total. The molecule has 1 atom stereocenters. The van der Waals surface area contributed by atoms with E-state index in [2.05, 4.69) is 0 Å². The van der Waals surface area contributed by atoms with Crippen LogP contribution in [0.15, 0.2) is 54.6 Å². The van der Waals surface area contributed by atoms with Crippen molar-refractivity contribution in [1.29, 1.82) is 0 Å². The normalized spacial score (nSPS) is 11.5. The molecule has 5 heteroatoms. The first kappa shape index (κ1) is 15.6. The van der Waals surface area contributed by atoms with Crippen molar-refractivity contribution in [2.24, 2.45) is 5.73 Å². The molecule has 0 saturated heterocycles. The van der Waals surface area contributed by atoms with E-state index in [-0.39, 0.29) is 0 Å². The maximum absolute atomic E-state index is 11.8. The summed E-state index contributed by atoms with van der Waals surface area (Å²) >= 11 is 0. The van der Waals surface area contributed by atoms with E-state index >= 15 is 0 Å². The van der Waals surface area contributed by atoms with Gasteiger partial charge in [-0.25, -0.2) is 4.79 Å². The highest BCUT2D eigenvalue weighted by Crippen LogP contribution is 2.13. The van der Waals surface area contributed by atoms with Gasteiger partial charge in [-0.2, -0.15) is 0 Å². The smallest absolute Gasteiger partial charge is 0.338 e. The standard InChI is InChI=1S/C17H17NO4/c1-12(16(18)19)22-17(20)14-9-7-13(8-10-14)11-21-15-5-3-2-4-6-15/h2-10,12H,11H2,1H3,(H2,18,19)/t12-/m0/s1. The molecule has 22 heavy (non-hydrogen) atoms. The van der Waals surface area contributed by atoms with Crippen LogP contribution in [0, 0.1) is 0 Å². The van der Waals surface area contributed by atoms with Crippen molar-refractivity contribution < 1.29 is 19.1 Å². The molecule has 0 radical (unpaired) electrons. The summed E-state index contributed by atoms with van der Waals surface area (Å²) in [6, 6.07) is 16.2. The van der Waals surface area contributed by atoms with Crippen LogP contribution in [0.5, 0.6) is 5.75 Å². The zero-order valence-electron chi connectivity index (χ0n) is 12.2. The molecule has 0 aliphatic rings. The van der Waals surface area contributed by atoms with Gasteiger partial charge in [0.15, 0.2) is 6.10 Å². The van der Waals surface area contributed by atoms with E-state index in [1.807, 2.05) is 30.3 Å². The fraction of sp³-hybridized carbons (Fsp3) is 0.176. The minimum atomic E-state index is -0.950. The fourth-order valence-electron chi connectivity index (χ4n) is 1.71. The molecule has 0 fully saturated rings.